The molecule has 0 bridgehead atoms. The number of para-hydroxylation sites is 2. The standard InChI is InChI=1S/C13H13N3O4/c1-16-12(18)8(7-14-13(16)19)11(17)15-9-5-3-4-6-10(9)20-2/h3-7H,1-2H3,(H,14,19)(H,15,17). The number of benzene rings is 1. The van der Waals surface area contributed by atoms with Gasteiger partial charge in [0.25, 0.3) is 11.5 Å². The van der Waals surface area contributed by atoms with E-state index in [0.29, 0.717) is 11.4 Å². The van der Waals surface area contributed by atoms with Gasteiger partial charge in [0.05, 0.1) is 12.8 Å². The monoisotopic (exact) mass is 275 g/mol. The van der Waals surface area contributed by atoms with Crippen molar-refractivity contribution in [3.05, 3.63) is 56.9 Å². The molecule has 0 aliphatic heterocycles. The number of carbonyl (C=O) groups excluding carboxylic acids is 1. The minimum absolute atomic E-state index is 0.155. The number of methoxy groups -OCH3 is 1. The lowest BCUT2D eigenvalue weighted by atomic mass is 10.2. The summed E-state index contributed by atoms with van der Waals surface area (Å²) in [6, 6.07) is 6.81. The molecule has 7 heteroatoms. The van der Waals surface area contributed by atoms with Crippen LogP contribution in [0.3, 0.4) is 0 Å². The summed E-state index contributed by atoms with van der Waals surface area (Å²) in [5, 5.41) is 2.57. The van der Waals surface area contributed by atoms with Gasteiger partial charge in [-0.15, -0.1) is 0 Å². The molecule has 20 heavy (non-hydrogen) atoms. The third-order valence-electron chi connectivity index (χ3n) is 2.78. The van der Waals surface area contributed by atoms with E-state index in [0.717, 1.165) is 10.8 Å². The van der Waals surface area contributed by atoms with Crippen LogP contribution in [0.25, 0.3) is 0 Å². The van der Waals surface area contributed by atoms with E-state index in [2.05, 4.69) is 10.3 Å². The molecule has 1 aromatic carbocycles. The van der Waals surface area contributed by atoms with Gasteiger partial charge in [-0.25, -0.2) is 4.79 Å². The zero-order chi connectivity index (χ0) is 14.7. The SMILES string of the molecule is COc1ccccc1NC(=O)c1c[nH]c(=O)n(C)c1=O. The van der Waals surface area contributed by atoms with Crippen LogP contribution in [0.2, 0.25) is 0 Å². The molecule has 0 atom stereocenters. The summed E-state index contributed by atoms with van der Waals surface area (Å²) >= 11 is 0. The molecule has 104 valence electrons. The second-order valence-electron chi connectivity index (χ2n) is 4.03. The van der Waals surface area contributed by atoms with Crippen molar-refractivity contribution in [3.8, 4) is 5.75 Å². The van der Waals surface area contributed by atoms with Gasteiger partial charge in [-0.05, 0) is 12.1 Å². The fourth-order valence-corrected chi connectivity index (χ4v) is 1.67. The van der Waals surface area contributed by atoms with Gasteiger partial charge in [0.15, 0.2) is 0 Å². The van der Waals surface area contributed by atoms with Gasteiger partial charge in [0, 0.05) is 13.2 Å². The van der Waals surface area contributed by atoms with Crippen LogP contribution < -0.4 is 21.3 Å². The van der Waals surface area contributed by atoms with Crippen molar-refractivity contribution in [3.63, 3.8) is 0 Å². The third kappa shape index (κ3) is 2.46. The van der Waals surface area contributed by atoms with Gasteiger partial charge in [0.2, 0.25) is 0 Å². The molecule has 0 aliphatic carbocycles. The lowest BCUT2D eigenvalue weighted by Crippen LogP contribution is -2.37. The first kappa shape index (κ1) is 13.6. The van der Waals surface area contributed by atoms with E-state index >= 15 is 0 Å². The van der Waals surface area contributed by atoms with Gasteiger partial charge in [-0.1, -0.05) is 12.1 Å². The van der Waals surface area contributed by atoms with Crippen molar-refractivity contribution >= 4 is 11.6 Å². The molecule has 0 unspecified atom stereocenters. The molecule has 0 saturated heterocycles. The molecule has 2 aromatic rings. The third-order valence-corrected chi connectivity index (χ3v) is 2.78. The topological polar surface area (TPSA) is 93.2 Å². The highest BCUT2D eigenvalue weighted by atomic mass is 16.5. The van der Waals surface area contributed by atoms with Crippen LogP contribution in [-0.4, -0.2) is 22.6 Å². The molecule has 0 spiro atoms. The largest absolute Gasteiger partial charge is 0.495 e. The fourth-order valence-electron chi connectivity index (χ4n) is 1.67. The van der Waals surface area contributed by atoms with Crippen molar-refractivity contribution in [1.82, 2.24) is 9.55 Å². The number of aromatic amines is 1. The Balaban J connectivity index is 2.36. The van der Waals surface area contributed by atoms with E-state index in [1.807, 2.05) is 0 Å². The Morgan fingerprint density at radius 3 is 2.70 bits per heavy atom. The molecule has 2 N–H and O–H groups in total. The first-order chi connectivity index (χ1) is 9.54. The molecule has 7 nitrogen and oxygen atoms in total. The number of anilines is 1. The van der Waals surface area contributed by atoms with E-state index in [4.69, 9.17) is 4.74 Å². The number of amides is 1. The summed E-state index contributed by atoms with van der Waals surface area (Å²) in [5.41, 5.74) is -0.962. The number of nitrogens with zero attached hydrogens (tertiary/aromatic N) is 1. The zero-order valence-corrected chi connectivity index (χ0v) is 11.0. The average molecular weight is 275 g/mol. The van der Waals surface area contributed by atoms with Crippen LogP contribution in [-0.2, 0) is 7.05 Å². The Hall–Kier alpha value is -2.83. The number of hydrogen-bond donors (Lipinski definition) is 2. The van der Waals surface area contributed by atoms with E-state index in [-0.39, 0.29) is 5.56 Å². The Morgan fingerprint density at radius 2 is 2.00 bits per heavy atom. The van der Waals surface area contributed by atoms with Gasteiger partial charge < -0.3 is 15.0 Å². The summed E-state index contributed by atoms with van der Waals surface area (Å²) in [5.74, 6) is -0.145. The quantitative estimate of drug-likeness (QED) is 0.844. The number of H-pyrrole nitrogens is 1. The number of ether oxygens (including phenoxy) is 1. The van der Waals surface area contributed by atoms with Crippen molar-refractivity contribution < 1.29 is 9.53 Å². The van der Waals surface area contributed by atoms with Crippen molar-refractivity contribution in [2.45, 2.75) is 0 Å². The fraction of sp³-hybridized carbons (Fsp3) is 0.154. The maximum atomic E-state index is 12.1. The number of aromatic nitrogens is 2. The Bertz CT molecular complexity index is 761. The number of rotatable bonds is 3. The minimum Gasteiger partial charge on any atom is -0.495 e. The van der Waals surface area contributed by atoms with Crippen LogP contribution in [0.1, 0.15) is 10.4 Å². The van der Waals surface area contributed by atoms with Crippen molar-refractivity contribution in [2.24, 2.45) is 7.05 Å². The van der Waals surface area contributed by atoms with Gasteiger partial charge in [-0.3, -0.25) is 14.2 Å². The molecule has 0 fully saturated rings. The highest BCUT2D eigenvalue weighted by Crippen LogP contribution is 2.23. The predicted octanol–water partition coefficient (Wildman–Crippen LogP) is 0.334. The molecule has 0 radical (unpaired) electrons. The van der Waals surface area contributed by atoms with Gasteiger partial charge >= 0.3 is 5.69 Å². The number of hydrogen-bond acceptors (Lipinski definition) is 4. The molecule has 1 amide bonds. The lowest BCUT2D eigenvalue weighted by Gasteiger charge is -2.09. The molecule has 0 saturated carbocycles. The highest BCUT2D eigenvalue weighted by molar-refractivity contribution is 6.04. The van der Waals surface area contributed by atoms with Gasteiger partial charge in [-0.2, -0.15) is 0 Å². The maximum Gasteiger partial charge on any atom is 0.328 e. The Labute approximate surface area is 113 Å². The summed E-state index contributed by atoms with van der Waals surface area (Å²) in [7, 11) is 2.77. The minimum atomic E-state index is -0.666. The van der Waals surface area contributed by atoms with Crippen LogP contribution in [0.5, 0.6) is 5.75 Å². The normalized spacial score (nSPS) is 10.1. The molecular formula is C13H13N3O4. The molecule has 2 rings (SSSR count). The molecule has 1 aromatic heterocycles. The lowest BCUT2D eigenvalue weighted by molar-refractivity contribution is 0.102. The summed E-state index contributed by atoms with van der Waals surface area (Å²) in [6.07, 6.45) is 1.09. The van der Waals surface area contributed by atoms with Crippen molar-refractivity contribution in [2.75, 3.05) is 12.4 Å². The smallest absolute Gasteiger partial charge is 0.328 e. The second-order valence-corrected chi connectivity index (χ2v) is 4.03. The highest BCUT2D eigenvalue weighted by Gasteiger charge is 2.14. The zero-order valence-electron chi connectivity index (χ0n) is 11.0. The van der Waals surface area contributed by atoms with Gasteiger partial charge in [0.1, 0.15) is 11.3 Å². The number of nitrogens with one attached hydrogen (secondary N) is 2. The molecule has 0 aliphatic rings. The first-order valence-electron chi connectivity index (χ1n) is 5.77. The van der Waals surface area contributed by atoms with Crippen molar-refractivity contribution in [1.29, 1.82) is 0 Å². The predicted molar refractivity (Wildman–Crippen MR) is 73.3 cm³/mol. The Kier molecular flexibility index (Phi) is 3.69. The summed E-state index contributed by atoms with van der Waals surface area (Å²) in [4.78, 5) is 37.4. The van der Waals surface area contributed by atoms with Crippen LogP contribution in [0.4, 0.5) is 5.69 Å². The summed E-state index contributed by atoms with van der Waals surface area (Å²) in [6.45, 7) is 0. The molecular weight excluding hydrogens is 262 g/mol. The van der Waals surface area contributed by atoms with Crippen LogP contribution in [0, 0.1) is 0 Å². The average Bonchev–Trinajstić information content (AvgIpc) is 2.45. The summed E-state index contributed by atoms with van der Waals surface area (Å²) < 4.78 is 5.93. The van der Waals surface area contributed by atoms with Crippen LogP contribution in [0.15, 0.2) is 40.1 Å². The van der Waals surface area contributed by atoms with Crippen LogP contribution >= 0.6 is 0 Å². The number of carbonyl (C=O) groups is 1. The first-order valence-corrected chi connectivity index (χ1v) is 5.77. The maximum absolute atomic E-state index is 12.1. The Morgan fingerprint density at radius 1 is 1.30 bits per heavy atom. The second kappa shape index (κ2) is 5.43. The van der Waals surface area contributed by atoms with E-state index in [9.17, 15) is 14.4 Å². The van der Waals surface area contributed by atoms with E-state index < -0.39 is 17.2 Å². The van der Waals surface area contributed by atoms with E-state index in [1.54, 1.807) is 24.3 Å². The van der Waals surface area contributed by atoms with E-state index in [1.165, 1.54) is 14.2 Å². The molecule has 1 heterocycles.